The van der Waals surface area contributed by atoms with Gasteiger partial charge in [-0.15, -0.1) is 0 Å². The predicted octanol–water partition coefficient (Wildman–Crippen LogP) is 3.36. The smallest absolute Gasteiger partial charge is 0.277 e. The fraction of sp³-hybridized carbons (Fsp3) is 0.545. The molecule has 0 saturated heterocycles. The lowest BCUT2D eigenvalue weighted by Crippen LogP contribution is -2.35. The second-order valence-corrected chi connectivity index (χ2v) is 7.26. The van der Waals surface area contributed by atoms with Gasteiger partial charge in [0, 0.05) is 20.1 Å². The number of hydrogen-bond donors (Lipinski definition) is 1. The minimum Gasteiger partial charge on any atom is -0.395 e. The van der Waals surface area contributed by atoms with Gasteiger partial charge in [-0.05, 0) is 18.9 Å². The number of unbranched alkanes of at least 4 members (excludes halogenated alkanes) is 5. The molecule has 5 heteroatoms. The number of imide groups is 1. The summed E-state index contributed by atoms with van der Waals surface area (Å²) in [5.74, 6) is -0.475. The first-order valence-electron chi connectivity index (χ1n) is 10.0. The van der Waals surface area contributed by atoms with E-state index in [1.54, 1.807) is 11.9 Å². The molecule has 0 bridgehead atoms. The molecule has 0 unspecified atom stereocenters. The Hall–Kier alpha value is -2.14. The summed E-state index contributed by atoms with van der Waals surface area (Å²) in [7, 11) is 1.75. The Balaban J connectivity index is 2.17. The van der Waals surface area contributed by atoms with Crippen molar-refractivity contribution in [1.29, 1.82) is 0 Å². The summed E-state index contributed by atoms with van der Waals surface area (Å²) in [4.78, 5) is 29.1. The van der Waals surface area contributed by atoms with Crippen molar-refractivity contribution in [3.8, 4) is 0 Å². The normalized spacial score (nSPS) is 14.4. The molecule has 0 aliphatic carbocycles. The highest BCUT2D eigenvalue weighted by molar-refractivity contribution is 6.35. The first-order chi connectivity index (χ1) is 13.0. The molecule has 1 heterocycles. The molecular weight excluding hydrogens is 340 g/mol. The van der Waals surface area contributed by atoms with E-state index in [9.17, 15) is 14.7 Å². The van der Waals surface area contributed by atoms with Crippen LogP contribution in [0.25, 0.3) is 5.57 Å². The fourth-order valence-electron chi connectivity index (χ4n) is 3.41. The summed E-state index contributed by atoms with van der Waals surface area (Å²) < 4.78 is 0. The van der Waals surface area contributed by atoms with Crippen molar-refractivity contribution in [3.63, 3.8) is 0 Å². The number of aliphatic hydroxyl groups excluding tert-OH is 1. The number of carbonyl (C=O) groups excluding carboxylic acids is 2. The highest BCUT2D eigenvalue weighted by atomic mass is 16.3. The van der Waals surface area contributed by atoms with E-state index in [1.165, 1.54) is 24.2 Å². The van der Waals surface area contributed by atoms with E-state index in [-0.39, 0.29) is 18.4 Å². The van der Waals surface area contributed by atoms with Gasteiger partial charge in [0.25, 0.3) is 11.8 Å². The lowest BCUT2D eigenvalue weighted by molar-refractivity contribution is -0.137. The summed E-state index contributed by atoms with van der Waals surface area (Å²) in [6.45, 7) is 4.87. The Morgan fingerprint density at radius 3 is 2.22 bits per heavy atom. The number of rotatable bonds is 11. The lowest BCUT2D eigenvalue weighted by Gasteiger charge is -2.20. The topological polar surface area (TPSA) is 60.9 Å². The Morgan fingerprint density at radius 1 is 0.963 bits per heavy atom. The van der Waals surface area contributed by atoms with E-state index in [1.807, 2.05) is 31.2 Å². The minimum absolute atomic E-state index is 0.0694. The molecule has 1 aliphatic heterocycles. The van der Waals surface area contributed by atoms with Gasteiger partial charge in [-0.1, -0.05) is 68.9 Å². The van der Waals surface area contributed by atoms with Crippen molar-refractivity contribution in [2.24, 2.45) is 0 Å². The third kappa shape index (κ3) is 5.19. The van der Waals surface area contributed by atoms with Crippen molar-refractivity contribution >= 4 is 17.4 Å². The zero-order valence-electron chi connectivity index (χ0n) is 16.8. The van der Waals surface area contributed by atoms with E-state index < -0.39 is 0 Å². The summed E-state index contributed by atoms with van der Waals surface area (Å²) >= 11 is 0. The molecule has 0 fully saturated rings. The molecule has 5 nitrogen and oxygen atoms in total. The van der Waals surface area contributed by atoms with Gasteiger partial charge < -0.3 is 10.0 Å². The van der Waals surface area contributed by atoms with Gasteiger partial charge in [0.2, 0.25) is 0 Å². The number of nitrogens with zero attached hydrogens (tertiary/aromatic N) is 2. The zero-order valence-corrected chi connectivity index (χ0v) is 16.8. The second-order valence-electron chi connectivity index (χ2n) is 7.26. The van der Waals surface area contributed by atoms with Crippen molar-refractivity contribution < 1.29 is 14.7 Å². The second kappa shape index (κ2) is 10.3. The summed E-state index contributed by atoms with van der Waals surface area (Å²) in [6.07, 6.45) is 6.64. The van der Waals surface area contributed by atoms with Crippen LogP contribution in [0.5, 0.6) is 0 Å². The monoisotopic (exact) mass is 372 g/mol. The van der Waals surface area contributed by atoms with E-state index >= 15 is 0 Å². The van der Waals surface area contributed by atoms with Crippen LogP contribution in [0.3, 0.4) is 0 Å². The van der Waals surface area contributed by atoms with Gasteiger partial charge in [0.05, 0.1) is 12.2 Å². The van der Waals surface area contributed by atoms with E-state index in [4.69, 9.17) is 0 Å². The molecule has 0 aromatic heterocycles. The summed E-state index contributed by atoms with van der Waals surface area (Å²) in [5, 5.41) is 9.28. The van der Waals surface area contributed by atoms with Crippen LogP contribution < -0.4 is 0 Å². The van der Waals surface area contributed by atoms with Gasteiger partial charge in [-0.25, -0.2) is 0 Å². The zero-order chi connectivity index (χ0) is 19.8. The van der Waals surface area contributed by atoms with Crippen LogP contribution in [0.15, 0.2) is 30.0 Å². The van der Waals surface area contributed by atoms with Gasteiger partial charge in [-0.3, -0.25) is 14.5 Å². The molecule has 2 rings (SSSR count). The SMILES string of the molecule is CCCCCCCCN1C(=O)C(c2ccc(C)cc2)=C(N(C)CCO)C1=O. The van der Waals surface area contributed by atoms with Gasteiger partial charge in [-0.2, -0.15) is 0 Å². The van der Waals surface area contributed by atoms with E-state index in [0.717, 1.165) is 30.4 Å². The van der Waals surface area contributed by atoms with Crippen molar-refractivity contribution in [1.82, 2.24) is 9.80 Å². The van der Waals surface area contributed by atoms with Crippen LogP contribution in [0.4, 0.5) is 0 Å². The number of hydrogen-bond acceptors (Lipinski definition) is 4. The van der Waals surface area contributed by atoms with Crippen LogP contribution in [0, 0.1) is 6.92 Å². The van der Waals surface area contributed by atoms with Crippen molar-refractivity contribution in [3.05, 3.63) is 41.1 Å². The van der Waals surface area contributed by atoms with Crippen LogP contribution in [0.1, 0.15) is 56.6 Å². The van der Waals surface area contributed by atoms with Crippen molar-refractivity contribution in [2.75, 3.05) is 26.7 Å². The quantitative estimate of drug-likeness (QED) is 0.478. The maximum absolute atomic E-state index is 13.0. The van der Waals surface area contributed by atoms with Crippen LogP contribution in [-0.2, 0) is 9.59 Å². The molecule has 0 atom stereocenters. The lowest BCUT2D eigenvalue weighted by atomic mass is 10.0. The molecule has 1 aromatic carbocycles. The summed E-state index contributed by atoms with van der Waals surface area (Å²) in [6, 6.07) is 7.66. The molecule has 1 aromatic rings. The molecule has 27 heavy (non-hydrogen) atoms. The number of aliphatic hydroxyl groups is 1. The predicted molar refractivity (Wildman–Crippen MR) is 108 cm³/mol. The molecular formula is C22H32N2O3. The van der Waals surface area contributed by atoms with Crippen molar-refractivity contribution in [2.45, 2.75) is 52.4 Å². The third-order valence-electron chi connectivity index (χ3n) is 5.04. The molecule has 0 saturated carbocycles. The minimum atomic E-state index is -0.250. The number of benzene rings is 1. The first-order valence-corrected chi connectivity index (χ1v) is 10.0. The molecule has 1 aliphatic rings. The van der Waals surface area contributed by atoms with Crippen LogP contribution >= 0.6 is 0 Å². The fourth-order valence-corrected chi connectivity index (χ4v) is 3.41. The molecule has 2 amide bonds. The number of likely N-dealkylation sites (N-methyl/N-ethyl adjacent to an activating group) is 1. The van der Waals surface area contributed by atoms with E-state index in [2.05, 4.69) is 6.92 Å². The number of amides is 2. The first kappa shape index (κ1) is 21.2. The van der Waals surface area contributed by atoms with Crippen LogP contribution in [0.2, 0.25) is 0 Å². The standard InChI is InChI=1S/C22H32N2O3/c1-4-5-6-7-8-9-14-24-21(26)19(18-12-10-17(2)11-13-18)20(22(24)27)23(3)15-16-25/h10-13,25H,4-9,14-16H2,1-3H3. The number of aryl methyl sites for hydroxylation is 1. The summed E-state index contributed by atoms with van der Waals surface area (Å²) in [5.41, 5.74) is 2.69. The van der Waals surface area contributed by atoms with Crippen LogP contribution in [-0.4, -0.2) is 53.5 Å². The van der Waals surface area contributed by atoms with Gasteiger partial charge >= 0.3 is 0 Å². The van der Waals surface area contributed by atoms with E-state index in [0.29, 0.717) is 24.4 Å². The maximum Gasteiger partial charge on any atom is 0.277 e. The molecule has 0 spiro atoms. The Kier molecular flexibility index (Phi) is 8.04. The highest BCUT2D eigenvalue weighted by Crippen LogP contribution is 2.31. The molecule has 1 N–H and O–H groups in total. The Morgan fingerprint density at radius 2 is 1.59 bits per heavy atom. The average Bonchev–Trinajstić information content (AvgIpc) is 2.90. The number of carbonyl (C=O) groups is 2. The third-order valence-corrected chi connectivity index (χ3v) is 5.04. The Labute approximate surface area is 162 Å². The van der Waals surface area contributed by atoms with Gasteiger partial charge in [0.1, 0.15) is 5.70 Å². The van der Waals surface area contributed by atoms with Gasteiger partial charge in [0.15, 0.2) is 0 Å². The maximum atomic E-state index is 13.0. The average molecular weight is 373 g/mol. The largest absolute Gasteiger partial charge is 0.395 e. The Bertz CT molecular complexity index is 679. The molecule has 148 valence electrons. The molecule has 0 radical (unpaired) electrons. The highest BCUT2D eigenvalue weighted by Gasteiger charge is 2.40.